The lowest BCUT2D eigenvalue weighted by Crippen LogP contribution is -2.49. The fourth-order valence-corrected chi connectivity index (χ4v) is 3.79. The van der Waals surface area contributed by atoms with Crippen LogP contribution in [-0.4, -0.2) is 40.2 Å². The molecule has 0 radical (unpaired) electrons. The molecule has 2 amide bonds. The van der Waals surface area contributed by atoms with E-state index >= 15 is 0 Å². The van der Waals surface area contributed by atoms with Gasteiger partial charge in [0.1, 0.15) is 22.9 Å². The molecule has 1 N–H and O–H groups in total. The van der Waals surface area contributed by atoms with Crippen LogP contribution in [0.4, 0.5) is 8.78 Å². The van der Waals surface area contributed by atoms with E-state index in [0.717, 1.165) is 12.1 Å². The summed E-state index contributed by atoms with van der Waals surface area (Å²) >= 11 is 0. The first-order valence-electron chi connectivity index (χ1n) is 9.18. The van der Waals surface area contributed by atoms with E-state index in [1.165, 1.54) is 19.2 Å². The fraction of sp³-hybridized carbons (Fsp3) is 0.350. The zero-order valence-corrected chi connectivity index (χ0v) is 15.9. The molecule has 1 aromatic heterocycles. The molecule has 0 aliphatic carbocycles. The molecule has 7 nitrogen and oxygen atoms in total. The molecule has 0 bridgehead atoms. The minimum atomic E-state index is -0.790. The third-order valence-electron chi connectivity index (χ3n) is 5.32. The van der Waals surface area contributed by atoms with Crippen molar-refractivity contribution in [1.82, 2.24) is 14.8 Å². The molecule has 9 heteroatoms. The Labute approximate surface area is 164 Å². The van der Waals surface area contributed by atoms with Crippen LogP contribution in [0.25, 0.3) is 0 Å². The molecule has 0 unspecified atom stereocenters. The van der Waals surface area contributed by atoms with E-state index in [1.54, 1.807) is 9.47 Å². The monoisotopic (exact) mass is 403 g/mol. The van der Waals surface area contributed by atoms with Gasteiger partial charge in [-0.25, -0.2) is 8.78 Å². The number of carbonyl (C=O) groups is 2. The van der Waals surface area contributed by atoms with Crippen LogP contribution in [0.2, 0.25) is 0 Å². The summed E-state index contributed by atoms with van der Waals surface area (Å²) in [5.41, 5.74) is -0.208. The number of rotatable bonds is 3. The summed E-state index contributed by atoms with van der Waals surface area (Å²) in [4.78, 5) is 39.8. The fourth-order valence-electron chi connectivity index (χ4n) is 3.79. The molecule has 2 aromatic rings. The Morgan fingerprint density at radius 2 is 2.07 bits per heavy atom. The number of ether oxygens (including phenoxy) is 1. The average Bonchev–Trinajstić information content (AvgIpc) is 3.04. The van der Waals surface area contributed by atoms with Gasteiger partial charge in [0.05, 0.1) is 19.2 Å². The summed E-state index contributed by atoms with van der Waals surface area (Å²) in [6.45, 7) is 3.88. The minimum absolute atomic E-state index is 0.0914. The van der Waals surface area contributed by atoms with Crippen LogP contribution >= 0.6 is 0 Å². The van der Waals surface area contributed by atoms with Gasteiger partial charge in [-0.3, -0.25) is 14.4 Å². The Morgan fingerprint density at radius 1 is 1.31 bits per heavy atom. The first-order valence-corrected chi connectivity index (χ1v) is 9.18. The maximum absolute atomic E-state index is 13.8. The van der Waals surface area contributed by atoms with Crippen molar-refractivity contribution in [3.63, 3.8) is 0 Å². The minimum Gasteiger partial charge on any atom is -0.354 e. The largest absolute Gasteiger partial charge is 0.354 e. The molecular formula is C20H19F2N3O4. The Morgan fingerprint density at radius 3 is 2.79 bits per heavy atom. The van der Waals surface area contributed by atoms with Crippen molar-refractivity contribution < 1.29 is 23.1 Å². The highest BCUT2D eigenvalue weighted by molar-refractivity contribution is 5.98. The normalized spacial score (nSPS) is 20.4. The topological polar surface area (TPSA) is 80.6 Å². The van der Waals surface area contributed by atoms with Crippen LogP contribution in [0.1, 0.15) is 38.9 Å². The van der Waals surface area contributed by atoms with Gasteiger partial charge in [0.2, 0.25) is 0 Å². The molecule has 2 atom stereocenters. The lowest BCUT2D eigenvalue weighted by atomic mass is 10.1. The van der Waals surface area contributed by atoms with Gasteiger partial charge in [-0.1, -0.05) is 6.07 Å². The molecule has 0 spiro atoms. The average molecular weight is 403 g/mol. The highest BCUT2D eigenvalue weighted by atomic mass is 19.1. The van der Waals surface area contributed by atoms with Crippen LogP contribution in [0, 0.1) is 18.6 Å². The smallest absolute Gasteiger partial charge is 0.273 e. The first-order chi connectivity index (χ1) is 13.8. The van der Waals surface area contributed by atoms with Crippen molar-refractivity contribution in [2.45, 2.75) is 39.2 Å². The Hall–Kier alpha value is -3.07. The van der Waals surface area contributed by atoms with Gasteiger partial charge in [0.15, 0.2) is 11.7 Å². The van der Waals surface area contributed by atoms with E-state index in [-0.39, 0.29) is 40.9 Å². The molecule has 1 aromatic carbocycles. The van der Waals surface area contributed by atoms with Crippen LogP contribution in [0.5, 0.6) is 0 Å². The molecule has 4 rings (SSSR count). The van der Waals surface area contributed by atoms with Crippen molar-refractivity contribution in [1.29, 1.82) is 0 Å². The van der Waals surface area contributed by atoms with E-state index in [2.05, 4.69) is 5.32 Å². The molecule has 29 heavy (non-hydrogen) atoms. The number of pyridine rings is 1. The summed E-state index contributed by atoms with van der Waals surface area (Å²) in [5, 5.41) is 2.47. The van der Waals surface area contributed by atoms with Gasteiger partial charge in [-0.05, 0) is 19.9 Å². The van der Waals surface area contributed by atoms with E-state index in [4.69, 9.17) is 4.74 Å². The molecule has 152 valence electrons. The number of fused-ring (bicyclic) bond motifs is 2. The lowest BCUT2D eigenvalue weighted by molar-refractivity contribution is 0.00660. The number of nitrogens with one attached hydrogen (secondary N) is 1. The number of halogens is 2. The molecule has 2 aliphatic rings. The number of hydrogen-bond donors (Lipinski definition) is 1. The zero-order chi connectivity index (χ0) is 20.9. The van der Waals surface area contributed by atoms with Crippen LogP contribution < -0.4 is 10.7 Å². The Balaban J connectivity index is 1.62. The van der Waals surface area contributed by atoms with Gasteiger partial charge in [0.25, 0.3) is 11.8 Å². The number of aromatic nitrogens is 1. The lowest BCUT2D eigenvalue weighted by Gasteiger charge is -2.34. The highest BCUT2D eigenvalue weighted by Crippen LogP contribution is 2.27. The van der Waals surface area contributed by atoms with Gasteiger partial charge < -0.3 is 19.5 Å². The van der Waals surface area contributed by atoms with E-state index < -0.39 is 29.2 Å². The first kappa shape index (κ1) is 19.3. The number of amides is 2. The van der Waals surface area contributed by atoms with E-state index in [0.29, 0.717) is 13.2 Å². The van der Waals surface area contributed by atoms with Crippen molar-refractivity contribution in [3.05, 3.63) is 68.6 Å². The molecule has 1 fully saturated rings. The van der Waals surface area contributed by atoms with Gasteiger partial charge >= 0.3 is 0 Å². The highest BCUT2D eigenvalue weighted by Gasteiger charge is 2.42. The number of nitrogens with zero attached hydrogens (tertiary/aromatic N) is 2. The summed E-state index contributed by atoms with van der Waals surface area (Å²) < 4.78 is 34.0. The van der Waals surface area contributed by atoms with E-state index in [1.807, 2.05) is 6.92 Å². The SMILES string of the molecule is Cc1c2n(cc(C(=O)NCc3ccc(F)cc3F)c1=O)C[C@H]1OC[C@H](C)N1C2=O. The standard InChI is InChI=1S/C20H19F2N3O4/c1-10-9-29-16-8-24-7-14(18(26)11(2)17(24)20(28)25(10)16)19(27)23-6-12-3-4-13(21)5-15(12)22/h3-5,7,10,16H,6,8-9H2,1-2H3,(H,23,27)/t10-,16+/m0/s1. The third-order valence-corrected chi connectivity index (χ3v) is 5.32. The summed E-state index contributed by atoms with van der Waals surface area (Å²) in [6, 6.07) is 2.94. The van der Waals surface area contributed by atoms with Gasteiger partial charge in [0, 0.05) is 29.9 Å². The van der Waals surface area contributed by atoms with Gasteiger partial charge in [-0.2, -0.15) is 0 Å². The van der Waals surface area contributed by atoms with Gasteiger partial charge in [-0.15, -0.1) is 0 Å². The number of benzene rings is 1. The molecule has 1 saturated heterocycles. The van der Waals surface area contributed by atoms with Crippen LogP contribution in [0.15, 0.2) is 29.2 Å². The second kappa shape index (κ2) is 7.07. The third kappa shape index (κ3) is 3.21. The summed E-state index contributed by atoms with van der Waals surface area (Å²) in [6.07, 6.45) is 0.888. The Bertz CT molecular complexity index is 1080. The van der Waals surface area contributed by atoms with Crippen molar-refractivity contribution >= 4 is 11.8 Å². The molecule has 0 saturated carbocycles. The van der Waals surface area contributed by atoms with Crippen LogP contribution in [-0.2, 0) is 17.8 Å². The van der Waals surface area contributed by atoms with Crippen molar-refractivity contribution in [2.75, 3.05) is 6.61 Å². The predicted octanol–water partition coefficient (Wildman–Crippen LogP) is 1.57. The summed E-state index contributed by atoms with van der Waals surface area (Å²) in [5.74, 6) is -2.51. The van der Waals surface area contributed by atoms with Crippen molar-refractivity contribution in [3.8, 4) is 0 Å². The molecular weight excluding hydrogens is 384 g/mol. The van der Waals surface area contributed by atoms with Crippen molar-refractivity contribution in [2.24, 2.45) is 0 Å². The zero-order valence-electron chi connectivity index (χ0n) is 15.9. The summed E-state index contributed by atoms with van der Waals surface area (Å²) in [7, 11) is 0. The quantitative estimate of drug-likeness (QED) is 0.844. The second-order valence-electron chi connectivity index (χ2n) is 7.27. The second-order valence-corrected chi connectivity index (χ2v) is 7.27. The van der Waals surface area contributed by atoms with E-state index in [9.17, 15) is 23.2 Å². The molecule has 2 aliphatic heterocycles. The maximum Gasteiger partial charge on any atom is 0.273 e. The molecule has 3 heterocycles. The Kier molecular flexibility index (Phi) is 4.70. The number of carbonyl (C=O) groups excluding carboxylic acids is 2. The number of hydrogen-bond acceptors (Lipinski definition) is 4. The van der Waals surface area contributed by atoms with Crippen LogP contribution in [0.3, 0.4) is 0 Å². The predicted molar refractivity (Wildman–Crippen MR) is 98.3 cm³/mol. The maximum atomic E-state index is 13.8.